The third-order valence-electron chi connectivity index (χ3n) is 3.02. The fraction of sp³-hybridized carbons (Fsp3) is 0.417. The Hall–Kier alpha value is -1.42. The average molecular weight is 223 g/mol. The summed E-state index contributed by atoms with van der Waals surface area (Å²) in [4.78, 5) is 10.7. The van der Waals surface area contributed by atoms with Gasteiger partial charge in [0.05, 0.1) is 6.42 Å². The molecule has 16 heavy (non-hydrogen) atoms. The summed E-state index contributed by atoms with van der Waals surface area (Å²) < 4.78 is 12.8. The van der Waals surface area contributed by atoms with Crippen LogP contribution in [0.2, 0.25) is 0 Å². The van der Waals surface area contributed by atoms with Crippen molar-refractivity contribution in [3.05, 3.63) is 35.6 Å². The van der Waals surface area contributed by atoms with Crippen molar-refractivity contribution in [3.8, 4) is 0 Å². The van der Waals surface area contributed by atoms with Crippen molar-refractivity contribution in [3.63, 3.8) is 0 Å². The molecule has 0 amide bonds. The summed E-state index contributed by atoms with van der Waals surface area (Å²) in [6, 6.07) is 6.29. The van der Waals surface area contributed by atoms with Crippen LogP contribution in [-0.2, 0) is 4.79 Å². The molecule has 1 aromatic carbocycles. The fourth-order valence-corrected chi connectivity index (χ4v) is 2.26. The zero-order valence-corrected chi connectivity index (χ0v) is 8.82. The number of hydrogen-bond donors (Lipinski definition) is 2. The van der Waals surface area contributed by atoms with Gasteiger partial charge in [0.25, 0.3) is 0 Å². The predicted molar refractivity (Wildman–Crippen MR) is 57.5 cm³/mol. The highest BCUT2D eigenvalue weighted by atomic mass is 19.1. The molecule has 0 saturated carbocycles. The Labute approximate surface area is 93.3 Å². The van der Waals surface area contributed by atoms with Gasteiger partial charge in [-0.25, -0.2) is 4.39 Å². The first kappa shape index (κ1) is 11.1. The lowest BCUT2D eigenvalue weighted by atomic mass is 9.91. The molecular weight excluding hydrogens is 209 g/mol. The first-order chi connectivity index (χ1) is 7.66. The van der Waals surface area contributed by atoms with Crippen LogP contribution >= 0.6 is 0 Å². The second kappa shape index (κ2) is 4.61. The van der Waals surface area contributed by atoms with E-state index < -0.39 is 5.97 Å². The van der Waals surface area contributed by atoms with Crippen molar-refractivity contribution in [1.82, 2.24) is 5.32 Å². The van der Waals surface area contributed by atoms with Gasteiger partial charge in [-0.2, -0.15) is 0 Å². The molecule has 2 unspecified atom stereocenters. The van der Waals surface area contributed by atoms with Gasteiger partial charge in [-0.15, -0.1) is 0 Å². The van der Waals surface area contributed by atoms with Gasteiger partial charge in [-0.3, -0.25) is 4.79 Å². The lowest BCUT2D eigenvalue weighted by Gasteiger charge is -2.18. The van der Waals surface area contributed by atoms with Gasteiger partial charge >= 0.3 is 5.97 Å². The standard InChI is InChI=1S/C12H14FNO2/c13-10-3-1-8(2-4-10)12-9(5-6-14-12)7-11(15)16/h1-4,9,12,14H,5-7H2,(H,15,16). The highest BCUT2D eigenvalue weighted by Gasteiger charge is 2.29. The maximum absolute atomic E-state index is 12.8. The molecule has 0 radical (unpaired) electrons. The van der Waals surface area contributed by atoms with Gasteiger partial charge in [0.1, 0.15) is 5.82 Å². The first-order valence-electron chi connectivity index (χ1n) is 5.37. The second-order valence-corrected chi connectivity index (χ2v) is 4.13. The predicted octanol–water partition coefficient (Wildman–Crippen LogP) is 1.95. The van der Waals surface area contributed by atoms with Crippen molar-refractivity contribution in [2.75, 3.05) is 6.54 Å². The van der Waals surface area contributed by atoms with E-state index in [1.807, 2.05) is 0 Å². The molecule has 1 aliphatic heterocycles. The highest BCUT2D eigenvalue weighted by Crippen LogP contribution is 2.31. The average Bonchev–Trinajstić information content (AvgIpc) is 2.66. The number of carboxylic acid groups (broad SMARTS) is 1. The first-order valence-corrected chi connectivity index (χ1v) is 5.37. The van der Waals surface area contributed by atoms with Crippen LogP contribution in [0.4, 0.5) is 4.39 Å². The SMILES string of the molecule is O=C(O)CC1CCNC1c1ccc(F)cc1. The number of aliphatic carboxylic acids is 1. The maximum Gasteiger partial charge on any atom is 0.303 e. The van der Waals surface area contributed by atoms with Gasteiger partial charge < -0.3 is 10.4 Å². The second-order valence-electron chi connectivity index (χ2n) is 4.13. The van der Waals surface area contributed by atoms with Crippen molar-refractivity contribution in [1.29, 1.82) is 0 Å². The Morgan fingerprint density at radius 2 is 2.12 bits per heavy atom. The molecule has 0 spiro atoms. The lowest BCUT2D eigenvalue weighted by Crippen LogP contribution is -2.19. The van der Waals surface area contributed by atoms with E-state index in [4.69, 9.17) is 5.11 Å². The summed E-state index contributed by atoms with van der Waals surface area (Å²) in [5.74, 6) is -0.944. The summed E-state index contributed by atoms with van der Waals surface area (Å²) >= 11 is 0. The van der Waals surface area contributed by atoms with Crippen LogP contribution in [-0.4, -0.2) is 17.6 Å². The highest BCUT2D eigenvalue weighted by molar-refractivity contribution is 5.67. The van der Waals surface area contributed by atoms with E-state index in [1.54, 1.807) is 12.1 Å². The van der Waals surface area contributed by atoms with Crippen molar-refractivity contribution in [2.45, 2.75) is 18.9 Å². The molecule has 1 aromatic rings. The molecule has 0 aliphatic carbocycles. The molecular formula is C12H14FNO2. The summed E-state index contributed by atoms with van der Waals surface area (Å²) in [5, 5.41) is 12.1. The largest absolute Gasteiger partial charge is 0.481 e. The van der Waals surface area contributed by atoms with Crippen LogP contribution in [0.1, 0.15) is 24.4 Å². The fourth-order valence-electron chi connectivity index (χ4n) is 2.26. The molecule has 0 bridgehead atoms. The summed E-state index contributed by atoms with van der Waals surface area (Å²) in [7, 11) is 0. The smallest absolute Gasteiger partial charge is 0.303 e. The van der Waals surface area contributed by atoms with E-state index in [2.05, 4.69) is 5.32 Å². The molecule has 1 saturated heterocycles. The summed E-state index contributed by atoms with van der Waals surface area (Å²) in [6.45, 7) is 0.819. The zero-order valence-electron chi connectivity index (χ0n) is 8.82. The van der Waals surface area contributed by atoms with Crippen LogP contribution in [0.5, 0.6) is 0 Å². The van der Waals surface area contributed by atoms with Gasteiger partial charge in [0.15, 0.2) is 0 Å². The number of nitrogens with one attached hydrogen (secondary N) is 1. The molecule has 1 aliphatic rings. The number of rotatable bonds is 3. The van der Waals surface area contributed by atoms with Crippen molar-refractivity contribution >= 4 is 5.97 Å². The maximum atomic E-state index is 12.8. The van der Waals surface area contributed by atoms with E-state index in [0.717, 1.165) is 18.5 Å². The Kier molecular flexibility index (Phi) is 3.19. The molecule has 1 fully saturated rings. The van der Waals surface area contributed by atoms with E-state index >= 15 is 0 Å². The number of halogens is 1. The van der Waals surface area contributed by atoms with Crippen LogP contribution in [0, 0.1) is 11.7 Å². The Bertz CT molecular complexity index is 377. The number of benzene rings is 1. The van der Waals surface area contributed by atoms with Crippen LogP contribution in [0.15, 0.2) is 24.3 Å². The monoisotopic (exact) mass is 223 g/mol. The van der Waals surface area contributed by atoms with Gasteiger partial charge in [0, 0.05) is 6.04 Å². The van der Waals surface area contributed by atoms with Gasteiger partial charge in [-0.05, 0) is 36.6 Å². The topological polar surface area (TPSA) is 49.3 Å². The molecule has 4 heteroatoms. The minimum atomic E-state index is -0.777. The van der Waals surface area contributed by atoms with Gasteiger partial charge in [0.2, 0.25) is 0 Å². The van der Waals surface area contributed by atoms with E-state index in [1.165, 1.54) is 12.1 Å². The Balaban J connectivity index is 2.13. The number of carboxylic acids is 1. The summed E-state index contributed by atoms with van der Waals surface area (Å²) in [6.07, 6.45) is 1.02. The van der Waals surface area contributed by atoms with E-state index in [-0.39, 0.29) is 24.2 Å². The van der Waals surface area contributed by atoms with Crippen LogP contribution in [0.3, 0.4) is 0 Å². The molecule has 2 N–H and O–H groups in total. The molecule has 2 atom stereocenters. The van der Waals surface area contributed by atoms with E-state index in [0.29, 0.717) is 0 Å². The van der Waals surface area contributed by atoms with Crippen molar-refractivity contribution in [2.24, 2.45) is 5.92 Å². The lowest BCUT2D eigenvalue weighted by molar-refractivity contribution is -0.138. The molecule has 1 heterocycles. The Morgan fingerprint density at radius 3 is 2.75 bits per heavy atom. The summed E-state index contributed by atoms with van der Waals surface area (Å²) in [5.41, 5.74) is 0.963. The van der Waals surface area contributed by atoms with Gasteiger partial charge in [-0.1, -0.05) is 12.1 Å². The minimum Gasteiger partial charge on any atom is -0.481 e. The zero-order chi connectivity index (χ0) is 11.5. The normalized spacial score (nSPS) is 24.6. The minimum absolute atomic E-state index is 0.0386. The third-order valence-corrected chi connectivity index (χ3v) is 3.02. The van der Waals surface area contributed by atoms with E-state index in [9.17, 15) is 9.18 Å². The number of carbonyl (C=O) groups is 1. The van der Waals surface area contributed by atoms with Crippen LogP contribution < -0.4 is 5.32 Å². The quantitative estimate of drug-likeness (QED) is 0.823. The molecule has 0 aromatic heterocycles. The van der Waals surface area contributed by atoms with Crippen LogP contribution in [0.25, 0.3) is 0 Å². The van der Waals surface area contributed by atoms with Crippen molar-refractivity contribution < 1.29 is 14.3 Å². The molecule has 2 rings (SSSR count). The molecule has 3 nitrogen and oxygen atoms in total. The third kappa shape index (κ3) is 2.39. The molecule has 86 valence electrons. The Morgan fingerprint density at radius 1 is 1.44 bits per heavy atom. The number of hydrogen-bond acceptors (Lipinski definition) is 2.